The number of anilines is 1. The van der Waals surface area contributed by atoms with Gasteiger partial charge in [0, 0.05) is 11.3 Å². The number of carbonyl (C=O) groups excluding carboxylic acids is 1. The van der Waals surface area contributed by atoms with Crippen molar-refractivity contribution in [3.63, 3.8) is 0 Å². The molecule has 0 aliphatic carbocycles. The molecule has 0 saturated heterocycles. The summed E-state index contributed by atoms with van der Waals surface area (Å²) in [4.78, 5) is 11.8. The lowest BCUT2D eigenvalue weighted by Gasteiger charge is -2.09. The highest BCUT2D eigenvalue weighted by Gasteiger charge is 2.25. The van der Waals surface area contributed by atoms with Crippen molar-refractivity contribution in [2.75, 3.05) is 5.32 Å². The monoisotopic (exact) mass is 342 g/mol. The Hall–Kier alpha value is -2.59. The average Bonchev–Trinajstić information content (AvgIpc) is 2.56. The first-order valence-corrected chi connectivity index (χ1v) is 6.53. The molecule has 0 radical (unpaired) electrons. The van der Waals surface area contributed by atoms with Gasteiger partial charge in [-0.25, -0.2) is 17.6 Å². The molecule has 0 heterocycles. The maximum atomic E-state index is 13.7. The van der Waals surface area contributed by atoms with Gasteiger partial charge in [0.15, 0.2) is 23.3 Å². The second-order valence-electron chi connectivity index (χ2n) is 4.46. The molecule has 0 fully saturated rings. The smallest absolute Gasteiger partial charge is 0.229 e. The molecule has 0 saturated carbocycles. The van der Waals surface area contributed by atoms with Gasteiger partial charge in [-0.3, -0.25) is 4.79 Å². The molecule has 2 rings (SSSR count). The summed E-state index contributed by atoms with van der Waals surface area (Å²) < 4.78 is 53.6. The van der Waals surface area contributed by atoms with Crippen LogP contribution in [-0.2, 0) is 11.2 Å². The van der Waals surface area contributed by atoms with E-state index in [9.17, 15) is 22.4 Å². The van der Waals surface area contributed by atoms with E-state index < -0.39 is 46.2 Å². The highest BCUT2D eigenvalue weighted by atomic mass is 35.5. The van der Waals surface area contributed by atoms with Crippen LogP contribution in [0.2, 0.25) is 5.02 Å². The Labute approximate surface area is 133 Å². The lowest BCUT2D eigenvalue weighted by Crippen LogP contribution is -2.17. The van der Waals surface area contributed by atoms with Gasteiger partial charge in [-0.05, 0) is 24.3 Å². The lowest BCUT2D eigenvalue weighted by atomic mass is 10.1. The first-order valence-electron chi connectivity index (χ1n) is 6.15. The third-order valence-electron chi connectivity index (χ3n) is 2.94. The van der Waals surface area contributed by atoms with Gasteiger partial charge >= 0.3 is 0 Å². The van der Waals surface area contributed by atoms with Crippen LogP contribution in [0.5, 0.6) is 0 Å². The van der Waals surface area contributed by atoms with E-state index in [0.29, 0.717) is 5.56 Å². The predicted octanol–water partition coefficient (Wildman–Crippen LogP) is 3.95. The van der Waals surface area contributed by atoms with E-state index in [1.807, 2.05) is 6.07 Å². The predicted molar refractivity (Wildman–Crippen MR) is 74.8 cm³/mol. The third kappa shape index (κ3) is 3.43. The molecule has 3 nitrogen and oxygen atoms in total. The Balaban J connectivity index is 2.22. The summed E-state index contributed by atoms with van der Waals surface area (Å²) in [5.74, 6) is -8.00. The standard InChI is InChI=1S/C15H7ClF4N2O/c16-11-12(17)9(13(18)15(20)14(11)19)5-10(23)22-8-3-1-7(6-21)2-4-8/h1-4H,5H2,(H,22,23). The van der Waals surface area contributed by atoms with Gasteiger partial charge in [0.1, 0.15) is 5.02 Å². The molecule has 1 N–H and O–H groups in total. The number of halogens is 5. The fourth-order valence-electron chi connectivity index (χ4n) is 1.80. The first kappa shape index (κ1) is 16.8. The van der Waals surface area contributed by atoms with Crippen LogP contribution in [0.1, 0.15) is 11.1 Å². The highest BCUT2D eigenvalue weighted by molar-refractivity contribution is 6.31. The van der Waals surface area contributed by atoms with Crippen molar-refractivity contribution >= 4 is 23.2 Å². The number of rotatable bonds is 3. The Morgan fingerprint density at radius 1 is 1.04 bits per heavy atom. The average molecular weight is 343 g/mol. The van der Waals surface area contributed by atoms with Crippen LogP contribution >= 0.6 is 11.6 Å². The summed E-state index contributed by atoms with van der Waals surface area (Å²) in [6.45, 7) is 0. The number of benzene rings is 2. The topological polar surface area (TPSA) is 52.9 Å². The molecule has 0 atom stereocenters. The normalized spacial score (nSPS) is 10.3. The fourth-order valence-corrected chi connectivity index (χ4v) is 2.00. The highest BCUT2D eigenvalue weighted by Crippen LogP contribution is 2.28. The van der Waals surface area contributed by atoms with Gasteiger partial charge < -0.3 is 5.32 Å². The van der Waals surface area contributed by atoms with Gasteiger partial charge in [-0.15, -0.1) is 0 Å². The Bertz CT molecular complexity index is 787. The van der Waals surface area contributed by atoms with E-state index in [2.05, 4.69) is 5.32 Å². The van der Waals surface area contributed by atoms with Crippen molar-refractivity contribution in [2.24, 2.45) is 0 Å². The van der Waals surface area contributed by atoms with Crippen LogP contribution in [0.15, 0.2) is 24.3 Å². The van der Waals surface area contributed by atoms with Gasteiger partial charge in [-0.2, -0.15) is 5.26 Å². The third-order valence-corrected chi connectivity index (χ3v) is 3.27. The molecule has 0 aliphatic rings. The van der Waals surface area contributed by atoms with Gasteiger partial charge in [0.25, 0.3) is 0 Å². The van der Waals surface area contributed by atoms with Gasteiger partial charge in [0.05, 0.1) is 18.1 Å². The Morgan fingerprint density at radius 3 is 2.22 bits per heavy atom. The zero-order valence-corrected chi connectivity index (χ0v) is 12.0. The van der Waals surface area contributed by atoms with Crippen LogP contribution in [0.3, 0.4) is 0 Å². The molecule has 0 spiro atoms. The van der Waals surface area contributed by atoms with Gasteiger partial charge in [-0.1, -0.05) is 11.6 Å². The summed E-state index contributed by atoms with van der Waals surface area (Å²) in [7, 11) is 0. The summed E-state index contributed by atoms with van der Waals surface area (Å²) in [6.07, 6.45) is -0.880. The Morgan fingerprint density at radius 2 is 1.65 bits per heavy atom. The minimum atomic E-state index is -1.95. The van der Waals surface area contributed by atoms with E-state index >= 15 is 0 Å². The van der Waals surface area contributed by atoms with Crippen LogP contribution in [0.4, 0.5) is 23.2 Å². The summed E-state index contributed by atoms with van der Waals surface area (Å²) in [5, 5.41) is 9.73. The van der Waals surface area contributed by atoms with Crippen molar-refractivity contribution < 1.29 is 22.4 Å². The summed E-state index contributed by atoms with van der Waals surface area (Å²) in [6, 6.07) is 7.53. The molecule has 118 valence electrons. The van der Waals surface area contributed by atoms with Crippen LogP contribution < -0.4 is 5.32 Å². The number of hydrogen-bond donors (Lipinski definition) is 1. The molecule has 1 amide bonds. The van der Waals surface area contributed by atoms with Gasteiger partial charge in [0.2, 0.25) is 5.91 Å². The van der Waals surface area contributed by atoms with Crippen molar-refractivity contribution in [3.05, 3.63) is 63.7 Å². The van der Waals surface area contributed by atoms with Crippen molar-refractivity contribution in [2.45, 2.75) is 6.42 Å². The molecule has 0 bridgehead atoms. The zero-order chi connectivity index (χ0) is 17.1. The van der Waals surface area contributed by atoms with E-state index in [-0.39, 0.29) is 5.69 Å². The molecule has 0 unspecified atom stereocenters. The van der Waals surface area contributed by atoms with Crippen LogP contribution in [-0.4, -0.2) is 5.91 Å². The number of nitrogens with zero attached hydrogens (tertiary/aromatic N) is 1. The van der Waals surface area contributed by atoms with E-state index in [0.717, 1.165) is 0 Å². The number of carbonyl (C=O) groups is 1. The molecular weight excluding hydrogens is 336 g/mol. The molecule has 23 heavy (non-hydrogen) atoms. The number of nitrogens with one attached hydrogen (secondary N) is 1. The van der Waals surface area contributed by atoms with Crippen LogP contribution in [0, 0.1) is 34.6 Å². The maximum absolute atomic E-state index is 13.7. The molecule has 2 aromatic rings. The van der Waals surface area contributed by atoms with Crippen molar-refractivity contribution in [3.8, 4) is 6.07 Å². The number of hydrogen-bond acceptors (Lipinski definition) is 2. The summed E-state index contributed by atoms with van der Waals surface area (Å²) >= 11 is 5.22. The van der Waals surface area contributed by atoms with Crippen molar-refractivity contribution in [1.82, 2.24) is 0 Å². The Kier molecular flexibility index (Phi) is 4.86. The second kappa shape index (κ2) is 6.67. The minimum Gasteiger partial charge on any atom is -0.326 e. The minimum absolute atomic E-state index is 0.267. The molecular formula is C15H7ClF4N2O. The van der Waals surface area contributed by atoms with E-state index in [1.165, 1.54) is 24.3 Å². The number of amides is 1. The fraction of sp³-hybridized carbons (Fsp3) is 0.0667. The molecule has 0 aliphatic heterocycles. The quantitative estimate of drug-likeness (QED) is 0.521. The van der Waals surface area contributed by atoms with E-state index in [1.54, 1.807) is 0 Å². The lowest BCUT2D eigenvalue weighted by molar-refractivity contribution is -0.115. The van der Waals surface area contributed by atoms with Crippen LogP contribution in [0.25, 0.3) is 0 Å². The molecule has 8 heteroatoms. The molecule has 2 aromatic carbocycles. The summed E-state index contributed by atoms with van der Waals surface area (Å²) in [5.41, 5.74) is -0.351. The molecule has 0 aromatic heterocycles. The SMILES string of the molecule is N#Cc1ccc(NC(=O)Cc2c(F)c(F)c(F)c(Cl)c2F)cc1. The van der Waals surface area contributed by atoms with E-state index in [4.69, 9.17) is 16.9 Å². The first-order chi connectivity index (χ1) is 10.8. The largest absolute Gasteiger partial charge is 0.326 e. The van der Waals surface area contributed by atoms with Crippen molar-refractivity contribution in [1.29, 1.82) is 5.26 Å². The zero-order valence-electron chi connectivity index (χ0n) is 11.3. The second-order valence-corrected chi connectivity index (χ2v) is 4.84. The maximum Gasteiger partial charge on any atom is 0.229 e. The number of nitriles is 1.